The van der Waals surface area contributed by atoms with Crippen LogP contribution in [0.15, 0.2) is 76.5 Å². The van der Waals surface area contributed by atoms with Crippen molar-refractivity contribution in [3.05, 3.63) is 82.9 Å². The van der Waals surface area contributed by atoms with Crippen molar-refractivity contribution >= 4 is 45.0 Å². The van der Waals surface area contributed by atoms with E-state index in [-0.39, 0.29) is 28.2 Å². The largest absolute Gasteiger partial charge is 0.482 e. The first-order chi connectivity index (χ1) is 15.9. The Balaban J connectivity index is 1.41. The monoisotopic (exact) mass is 502 g/mol. The normalized spacial score (nSPS) is 13.9. The molecule has 9 heteroatoms. The maximum atomic E-state index is 13.1. The van der Waals surface area contributed by atoms with Gasteiger partial charge in [0.1, 0.15) is 5.75 Å². The van der Waals surface area contributed by atoms with Crippen LogP contribution in [0.1, 0.15) is 11.1 Å². The molecule has 0 aromatic heterocycles. The van der Waals surface area contributed by atoms with Gasteiger partial charge in [-0.25, -0.2) is 8.42 Å². The van der Waals surface area contributed by atoms with Crippen molar-refractivity contribution in [3.63, 3.8) is 0 Å². The predicted molar refractivity (Wildman–Crippen MR) is 132 cm³/mol. The number of carbonyl (C=O) groups is 1. The van der Waals surface area contributed by atoms with E-state index in [4.69, 9.17) is 16.3 Å². The molecule has 1 aliphatic heterocycles. The Morgan fingerprint density at radius 2 is 1.88 bits per heavy atom. The number of fused-ring (bicyclic) bond motifs is 1. The molecule has 0 fully saturated rings. The first-order valence-corrected chi connectivity index (χ1v) is 13.3. The fourth-order valence-corrected chi connectivity index (χ4v) is 5.83. The van der Waals surface area contributed by atoms with E-state index >= 15 is 0 Å². The first kappa shape index (κ1) is 23.6. The molecule has 3 aromatic rings. The number of halogens is 1. The van der Waals surface area contributed by atoms with Gasteiger partial charge in [-0.3, -0.25) is 4.79 Å². The minimum atomic E-state index is -3.71. The van der Waals surface area contributed by atoms with Gasteiger partial charge in [-0.1, -0.05) is 41.9 Å². The number of hydrogen-bond acceptors (Lipinski definition) is 5. The van der Waals surface area contributed by atoms with Crippen molar-refractivity contribution in [3.8, 4) is 5.75 Å². The second-order valence-corrected chi connectivity index (χ2v) is 10.7. The number of benzene rings is 3. The molecule has 1 amide bonds. The highest BCUT2D eigenvalue weighted by Gasteiger charge is 2.28. The third-order valence-electron chi connectivity index (χ3n) is 5.35. The Morgan fingerprint density at radius 1 is 1.09 bits per heavy atom. The lowest BCUT2D eigenvalue weighted by atomic mass is 10.0. The molecule has 1 heterocycles. The van der Waals surface area contributed by atoms with E-state index in [0.29, 0.717) is 25.2 Å². The molecule has 0 spiro atoms. The molecule has 0 unspecified atom stereocenters. The quantitative estimate of drug-likeness (QED) is 0.468. The number of nitrogens with zero attached hydrogens (tertiary/aromatic N) is 1. The van der Waals surface area contributed by atoms with Crippen LogP contribution < -0.4 is 10.1 Å². The van der Waals surface area contributed by atoms with E-state index in [1.54, 1.807) is 17.8 Å². The highest BCUT2D eigenvalue weighted by molar-refractivity contribution is 7.98. The number of thioether (sulfide) groups is 1. The summed E-state index contributed by atoms with van der Waals surface area (Å²) in [6, 6.07) is 19.6. The summed E-state index contributed by atoms with van der Waals surface area (Å²) >= 11 is 7.88. The standard InChI is InChI=1S/C24H23ClN2O4S2/c1-32-20-8-4-7-19(13-20)26-24(28)16-31-23-10-9-21(14-22(23)25)33(29,30)27-12-11-17-5-2-3-6-18(17)15-27/h2-10,13-14H,11-12,15-16H2,1H3,(H,26,28). The first-order valence-electron chi connectivity index (χ1n) is 10.3. The summed E-state index contributed by atoms with van der Waals surface area (Å²) in [6.07, 6.45) is 2.62. The van der Waals surface area contributed by atoms with Crippen molar-refractivity contribution in [2.24, 2.45) is 0 Å². The number of rotatable bonds is 7. The maximum Gasteiger partial charge on any atom is 0.262 e. The summed E-state index contributed by atoms with van der Waals surface area (Å²) in [6.45, 7) is 0.484. The molecule has 0 aliphatic carbocycles. The Bertz CT molecular complexity index is 1280. The van der Waals surface area contributed by atoms with Gasteiger partial charge in [-0.15, -0.1) is 11.8 Å². The minimum absolute atomic E-state index is 0.0950. The van der Waals surface area contributed by atoms with Crippen molar-refractivity contribution < 1.29 is 17.9 Å². The van der Waals surface area contributed by atoms with Gasteiger partial charge in [0.2, 0.25) is 10.0 Å². The van der Waals surface area contributed by atoms with Gasteiger partial charge in [-0.05, 0) is 60.2 Å². The zero-order valence-electron chi connectivity index (χ0n) is 18.0. The number of sulfonamides is 1. The fraction of sp³-hybridized carbons (Fsp3) is 0.208. The highest BCUT2D eigenvalue weighted by Crippen LogP contribution is 2.31. The second kappa shape index (κ2) is 10.2. The molecule has 33 heavy (non-hydrogen) atoms. The summed E-state index contributed by atoms with van der Waals surface area (Å²) in [5, 5.41) is 2.90. The minimum Gasteiger partial charge on any atom is -0.482 e. The Labute approximate surface area is 203 Å². The van der Waals surface area contributed by atoms with Crippen LogP contribution >= 0.6 is 23.4 Å². The lowest BCUT2D eigenvalue weighted by Gasteiger charge is -2.28. The van der Waals surface area contributed by atoms with Gasteiger partial charge in [0.25, 0.3) is 5.91 Å². The van der Waals surface area contributed by atoms with Gasteiger partial charge in [0.15, 0.2) is 6.61 Å². The summed E-state index contributed by atoms with van der Waals surface area (Å²) < 4.78 is 33.3. The van der Waals surface area contributed by atoms with Crippen molar-refractivity contribution in [1.29, 1.82) is 0 Å². The number of hydrogen-bond donors (Lipinski definition) is 1. The van der Waals surface area contributed by atoms with Crippen molar-refractivity contribution in [2.75, 3.05) is 24.7 Å². The van der Waals surface area contributed by atoms with E-state index in [0.717, 1.165) is 10.5 Å². The fourth-order valence-electron chi connectivity index (χ4n) is 3.62. The molecule has 0 saturated heterocycles. The zero-order chi connectivity index (χ0) is 23.4. The van der Waals surface area contributed by atoms with E-state index in [1.807, 2.05) is 48.7 Å². The number of carbonyl (C=O) groups excluding carboxylic acids is 1. The molecule has 0 saturated carbocycles. The van der Waals surface area contributed by atoms with Gasteiger partial charge < -0.3 is 10.1 Å². The van der Waals surface area contributed by atoms with E-state index in [1.165, 1.54) is 28.1 Å². The Morgan fingerprint density at radius 3 is 2.64 bits per heavy atom. The topological polar surface area (TPSA) is 75.7 Å². The van der Waals surface area contributed by atoms with Crippen molar-refractivity contribution in [1.82, 2.24) is 4.31 Å². The summed E-state index contributed by atoms with van der Waals surface area (Å²) in [7, 11) is -3.71. The third-order valence-corrected chi connectivity index (χ3v) is 8.21. The number of nitrogens with one attached hydrogen (secondary N) is 1. The van der Waals surface area contributed by atoms with Crippen LogP contribution in [0.5, 0.6) is 5.75 Å². The molecule has 4 rings (SSSR count). The van der Waals surface area contributed by atoms with Gasteiger partial charge in [0, 0.05) is 23.7 Å². The third kappa shape index (κ3) is 5.52. The molecular formula is C24H23ClN2O4S2. The van der Waals surface area contributed by atoms with Crippen LogP contribution in [0, 0.1) is 0 Å². The second-order valence-electron chi connectivity index (χ2n) is 7.52. The van der Waals surface area contributed by atoms with Crippen molar-refractivity contribution in [2.45, 2.75) is 22.8 Å². The lowest BCUT2D eigenvalue weighted by molar-refractivity contribution is -0.118. The van der Waals surface area contributed by atoms with Crippen LogP contribution in [0.3, 0.4) is 0 Å². The zero-order valence-corrected chi connectivity index (χ0v) is 20.3. The molecule has 0 radical (unpaired) electrons. The number of anilines is 1. The number of ether oxygens (including phenoxy) is 1. The molecular weight excluding hydrogens is 480 g/mol. The lowest BCUT2D eigenvalue weighted by Crippen LogP contribution is -2.35. The van der Waals surface area contributed by atoms with Gasteiger partial charge in [0.05, 0.1) is 9.92 Å². The Kier molecular flexibility index (Phi) is 7.29. The maximum absolute atomic E-state index is 13.1. The van der Waals surface area contributed by atoms with E-state index in [9.17, 15) is 13.2 Å². The SMILES string of the molecule is CSc1cccc(NC(=O)COc2ccc(S(=O)(=O)N3CCc4ccccc4C3)cc2Cl)c1. The van der Waals surface area contributed by atoms with E-state index < -0.39 is 10.0 Å². The summed E-state index contributed by atoms with van der Waals surface area (Å²) in [5.41, 5.74) is 2.85. The average molecular weight is 503 g/mol. The van der Waals surface area contributed by atoms with Crippen LogP contribution in [0.4, 0.5) is 5.69 Å². The Hall–Kier alpha value is -2.52. The van der Waals surface area contributed by atoms with Crippen LogP contribution in [-0.4, -0.2) is 38.0 Å². The highest BCUT2D eigenvalue weighted by atomic mass is 35.5. The molecule has 3 aromatic carbocycles. The average Bonchev–Trinajstić information content (AvgIpc) is 2.83. The molecule has 0 atom stereocenters. The smallest absolute Gasteiger partial charge is 0.262 e. The summed E-state index contributed by atoms with van der Waals surface area (Å²) in [5.74, 6) is -0.0966. The molecule has 6 nitrogen and oxygen atoms in total. The molecule has 1 N–H and O–H groups in total. The van der Waals surface area contributed by atoms with Gasteiger partial charge >= 0.3 is 0 Å². The molecule has 0 bridgehead atoms. The van der Waals surface area contributed by atoms with Crippen LogP contribution in [-0.2, 0) is 27.8 Å². The summed E-state index contributed by atoms with van der Waals surface area (Å²) in [4.78, 5) is 13.4. The number of amides is 1. The predicted octanol–water partition coefficient (Wildman–Crippen LogP) is 4.83. The molecule has 1 aliphatic rings. The van der Waals surface area contributed by atoms with Crippen LogP contribution in [0.25, 0.3) is 0 Å². The van der Waals surface area contributed by atoms with Crippen LogP contribution in [0.2, 0.25) is 5.02 Å². The molecule has 172 valence electrons. The van der Waals surface area contributed by atoms with E-state index in [2.05, 4.69) is 5.32 Å². The van der Waals surface area contributed by atoms with Gasteiger partial charge in [-0.2, -0.15) is 4.31 Å².